The summed E-state index contributed by atoms with van der Waals surface area (Å²) in [7, 11) is 3.25. The van der Waals surface area contributed by atoms with E-state index in [0.29, 0.717) is 12.0 Å². The predicted molar refractivity (Wildman–Crippen MR) is 84.0 cm³/mol. The molecule has 0 radical (unpaired) electrons. The molecule has 1 unspecified atom stereocenters. The minimum Gasteiger partial charge on any atom is -0.316 e. The number of hydrogen-bond acceptors (Lipinski definition) is 4. The van der Waals surface area contributed by atoms with Crippen molar-refractivity contribution in [2.75, 3.05) is 26.2 Å². The lowest BCUT2D eigenvalue weighted by Gasteiger charge is -2.23. The summed E-state index contributed by atoms with van der Waals surface area (Å²) in [6.07, 6.45) is 2.44. The molecule has 1 spiro atoms. The van der Waals surface area contributed by atoms with Crippen LogP contribution in [0.5, 0.6) is 0 Å². The lowest BCUT2D eigenvalue weighted by Crippen LogP contribution is -2.39. The molecule has 7 heteroatoms. The zero-order valence-electron chi connectivity index (χ0n) is 12.6. The Hall–Kier alpha value is -1.11. The summed E-state index contributed by atoms with van der Waals surface area (Å²) >= 11 is 0. The van der Waals surface area contributed by atoms with Crippen LogP contribution in [0, 0.1) is 5.41 Å². The molecule has 21 heavy (non-hydrogen) atoms. The second-order valence-electron chi connectivity index (χ2n) is 6.26. The summed E-state index contributed by atoms with van der Waals surface area (Å²) < 4.78 is 2.73. The number of hydrogen-bond donors (Lipinski definition) is 1. The van der Waals surface area contributed by atoms with Crippen LogP contribution in [0.1, 0.15) is 18.5 Å². The third kappa shape index (κ3) is 2.93. The molecule has 0 amide bonds. The van der Waals surface area contributed by atoms with Gasteiger partial charge in [0.15, 0.2) is 0 Å². The molecule has 0 bridgehead atoms. The molecule has 2 fully saturated rings. The molecule has 0 aromatic carbocycles. The minimum atomic E-state index is -0.246. The SMILES string of the molecule is Cl.Cn1c(CN2CCC3(CCNC3)C2)cc(=O)n(C)c1=O. The van der Waals surface area contributed by atoms with Crippen molar-refractivity contribution < 1.29 is 0 Å². The lowest BCUT2D eigenvalue weighted by atomic mass is 9.87. The Morgan fingerprint density at radius 2 is 2.00 bits per heavy atom. The molecule has 2 saturated heterocycles. The molecule has 6 nitrogen and oxygen atoms in total. The van der Waals surface area contributed by atoms with Crippen molar-refractivity contribution in [2.24, 2.45) is 19.5 Å². The molecule has 3 heterocycles. The van der Waals surface area contributed by atoms with Crippen molar-refractivity contribution in [1.29, 1.82) is 0 Å². The summed E-state index contributed by atoms with van der Waals surface area (Å²) in [4.78, 5) is 26.1. The number of halogens is 1. The number of aromatic nitrogens is 2. The first-order valence-electron chi connectivity index (χ1n) is 7.20. The van der Waals surface area contributed by atoms with Gasteiger partial charge in [-0.3, -0.25) is 18.8 Å². The van der Waals surface area contributed by atoms with Crippen molar-refractivity contribution in [2.45, 2.75) is 19.4 Å². The van der Waals surface area contributed by atoms with Crippen LogP contribution in [0.2, 0.25) is 0 Å². The summed E-state index contributed by atoms with van der Waals surface area (Å²) in [5.74, 6) is 0. The molecule has 2 aliphatic heterocycles. The zero-order valence-corrected chi connectivity index (χ0v) is 13.4. The molecule has 1 aromatic rings. The van der Waals surface area contributed by atoms with Crippen LogP contribution in [-0.4, -0.2) is 40.2 Å². The highest BCUT2D eigenvalue weighted by Gasteiger charge is 2.40. The number of rotatable bonds is 2. The molecule has 0 aliphatic carbocycles. The molecular formula is C14H23ClN4O2. The zero-order chi connectivity index (χ0) is 14.3. The van der Waals surface area contributed by atoms with Gasteiger partial charge in [0.1, 0.15) is 0 Å². The molecule has 0 saturated carbocycles. The molecule has 1 N–H and O–H groups in total. The lowest BCUT2D eigenvalue weighted by molar-refractivity contribution is 0.263. The van der Waals surface area contributed by atoms with E-state index < -0.39 is 0 Å². The van der Waals surface area contributed by atoms with Crippen LogP contribution in [0.25, 0.3) is 0 Å². The van der Waals surface area contributed by atoms with Crippen molar-refractivity contribution in [3.63, 3.8) is 0 Å². The van der Waals surface area contributed by atoms with E-state index in [0.717, 1.165) is 36.4 Å². The summed E-state index contributed by atoms with van der Waals surface area (Å²) in [6.45, 7) is 5.00. The van der Waals surface area contributed by atoms with Gasteiger partial charge >= 0.3 is 5.69 Å². The highest BCUT2D eigenvalue weighted by molar-refractivity contribution is 5.85. The van der Waals surface area contributed by atoms with Gasteiger partial charge in [-0.05, 0) is 31.3 Å². The Balaban J connectivity index is 0.00000161. The number of likely N-dealkylation sites (tertiary alicyclic amines) is 1. The molecule has 2 aliphatic rings. The predicted octanol–water partition coefficient (Wildman–Crippen LogP) is -0.309. The van der Waals surface area contributed by atoms with Crippen molar-refractivity contribution in [3.8, 4) is 0 Å². The quantitative estimate of drug-likeness (QED) is 0.814. The van der Waals surface area contributed by atoms with Crippen molar-refractivity contribution in [1.82, 2.24) is 19.4 Å². The van der Waals surface area contributed by atoms with Crippen molar-refractivity contribution in [3.05, 3.63) is 32.6 Å². The summed E-state index contributed by atoms with van der Waals surface area (Å²) in [6, 6.07) is 1.58. The Bertz CT molecular complexity index is 631. The first-order chi connectivity index (χ1) is 9.51. The second-order valence-corrected chi connectivity index (χ2v) is 6.26. The topological polar surface area (TPSA) is 59.3 Å². The average molecular weight is 315 g/mol. The van der Waals surface area contributed by atoms with Gasteiger partial charge < -0.3 is 5.32 Å². The maximum atomic E-state index is 11.9. The van der Waals surface area contributed by atoms with Gasteiger partial charge in [-0.15, -0.1) is 12.4 Å². The highest BCUT2D eigenvalue weighted by atomic mass is 35.5. The maximum absolute atomic E-state index is 11.9. The second kappa shape index (κ2) is 5.94. The van der Waals surface area contributed by atoms with E-state index in [1.54, 1.807) is 17.7 Å². The fourth-order valence-corrected chi connectivity index (χ4v) is 3.47. The van der Waals surface area contributed by atoms with Gasteiger partial charge in [-0.1, -0.05) is 0 Å². The van der Waals surface area contributed by atoms with Gasteiger partial charge in [-0.2, -0.15) is 0 Å². The van der Waals surface area contributed by atoms with Crippen LogP contribution in [0.15, 0.2) is 15.7 Å². The fourth-order valence-electron chi connectivity index (χ4n) is 3.47. The van der Waals surface area contributed by atoms with E-state index in [9.17, 15) is 9.59 Å². The van der Waals surface area contributed by atoms with E-state index in [-0.39, 0.29) is 23.7 Å². The van der Waals surface area contributed by atoms with E-state index in [1.165, 1.54) is 19.9 Å². The smallest absolute Gasteiger partial charge is 0.316 e. The molecule has 3 rings (SSSR count). The van der Waals surface area contributed by atoms with Crippen LogP contribution >= 0.6 is 12.4 Å². The highest BCUT2D eigenvalue weighted by Crippen LogP contribution is 2.36. The fraction of sp³-hybridized carbons (Fsp3) is 0.714. The standard InChI is InChI=1S/C14H22N4O2.ClH/c1-16-11(7-12(19)17(2)13(16)20)8-18-6-4-14(10-18)3-5-15-9-14;/h7,15H,3-6,8-10H2,1-2H3;1H. The summed E-state index contributed by atoms with van der Waals surface area (Å²) in [5.41, 5.74) is 0.753. The van der Waals surface area contributed by atoms with Gasteiger partial charge in [-0.25, -0.2) is 4.79 Å². The maximum Gasteiger partial charge on any atom is 0.330 e. The van der Waals surface area contributed by atoms with Gasteiger partial charge in [0.2, 0.25) is 0 Å². The summed E-state index contributed by atoms with van der Waals surface area (Å²) in [5, 5.41) is 3.44. The number of nitrogens with one attached hydrogen (secondary N) is 1. The molecule has 1 atom stereocenters. The van der Waals surface area contributed by atoms with E-state index in [1.807, 2.05) is 0 Å². The largest absolute Gasteiger partial charge is 0.330 e. The third-order valence-electron chi connectivity index (χ3n) is 4.86. The molecular weight excluding hydrogens is 292 g/mol. The Morgan fingerprint density at radius 3 is 2.67 bits per heavy atom. The molecule has 1 aromatic heterocycles. The Kier molecular flexibility index (Phi) is 4.60. The minimum absolute atomic E-state index is 0. The Labute approximate surface area is 130 Å². The monoisotopic (exact) mass is 314 g/mol. The van der Waals surface area contributed by atoms with Crippen molar-refractivity contribution >= 4 is 12.4 Å². The Morgan fingerprint density at radius 1 is 1.24 bits per heavy atom. The van der Waals surface area contributed by atoms with Crippen LogP contribution in [0.4, 0.5) is 0 Å². The normalized spacial score (nSPS) is 25.4. The van der Waals surface area contributed by atoms with Crippen LogP contribution in [-0.2, 0) is 20.6 Å². The molecule has 118 valence electrons. The third-order valence-corrected chi connectivity index (χ3v) is 4.86. The van der Waals surface area contributed by atoms with Gasteiger partial charge in [0.25, 0.3) is 5.56 Å². The van der Waals surface area contributed by atoms with Crippen LogP contribution in [0.3, 0.4) is 0 Å². The van der Waals surface area contributed by atoms with E-state index in [4.69, 9.17) is 0 Å². The van der Waals surface area contributed by atoms with Gasteiger partial charge in [0.05, 0.1) is 0 Å². The first kappa shape index (κ1) is 16.3. The average Bonchev–Trinajstić information content (AvgIpc) is 3.04. The van der Waals surface area contributed by atoms with E-state index >= 15 is 0 Å². The first-order valence-corrected chi connectivity index (χ1v) is 7.20. The van der Waals surface area contributed by atoms with Gasteiger partial charge in [0, 0.05) is 45.5 Å². The van der Waals surface area contributed by atoms with E-state index in [2.05, 4.69) is 10.2 Å². The van der Waals surface area contributed by atoms with Crippen LogP contribution < -0.4 is 16.6 Å². The number of nitrogens with zero attached hydrogens (tertiary/aromatic N) is 3.